The molecule has 0 bridgehead atoms. The second-order valence-corrected chi connectivity index (χ2v) is 5.55. The van der Waals surface area contributed by atoms with Crippen LogP contribution < -0.4 is 9.47 Å². The Balaban J connectivity index is 1.95. The van der Waals surface area contributed by atoms with Crippen molar-refractivity contribution in [3.8, 4) is 28.6 Å². The van der Waals surface area contributed by atoms with Crippen molar-refractivity contribution in [2.45, 2.75) is 0 Å². The highest BCUT2D eigenvalue weighted by atomic mass is 32.1. The average molecular weight is 355 g/mol. The summed E-state index contributed by atoms with van der Waals surface area (Å²) in [5.74, 6) is 1.85. The number of hydrogen-bond acceptors (Lipinski definition) is 7. The van der Waals surface area contributed by atoms with E-state index >= 15 is 0 Å². The number of rotatable bonds is 4. The molecule has 0 aliphatic carbocycles. The highest BCUT2D eigenvalue weighted by Gasteiger charge is 2.17. The lowest BCUT2D eigenvalue weighted by Crippen LogP contribution is -1.99. The van der Waals surface area contributed by atoms with Gasteiger partial charge in [-0.2, -0.15) is 5.10 Å². The summed E-state index contributed by atoms with van der Waals surface area (Å²) in [7, 11) is 3.17. The molecule has 2 aromatic carbocycles. The molecule has 2 heterocycles. The van der Waals surface area contributed by atoms with E-state index in [9.17, 15) is 0 Å². The predicted molar refractivity (Wildman–Crippen MR) is 92.7 cm³/mol. The van der Waals surface area contributed by atoms with Gasteiger partial charge in [-0.1, -0.05) is 6.07 Å². The standard InChI is InChI=1S/C16H13N5O3S/c1-22-12-7-6-9(8-13(12)23-2)15-17-18-16(25)21(15)11-5-3-4-10-14(11)20-24-19-10/h3-8H,1-2H3,(H,18,25). The third-order valence-electron chi connectivity index (χ3n) is 3.82. The highest BCUT2D eigenvalue weighted by molar-refractivity contribution is 7.71. The second-order valence-electron chi connectivity index (χ2n) is 5.17. The molecular formula is C16H13N5O3S. The van der Waals surface area contributed by atoms with Crippen LogP contribution in [0.1, 0.15) is 0 Å². The zero-order valence-corrected chi connectivity index (χ0v) is 14.2. The van der Waals surface area contributed by atoms with E-state index in [2.05, 4.69) is 20.5 Å². The topological polar surface area (TPSA) is 91.0 Å². The molecule has 9 heteroatoms. The quantitative estimate of drug-likeness (QED) is 0.562. The van der Waals surface area contributed by atoms with Gasteiger partial charge in [0.2, 0.25) is 0 Å². The van der Waals surface area contributed by atoms with E-state index in [1.807, 2.05) is 36.4 Å². The van der Waals surface area contributed by atoms with E-state index in [1.165, 1.54) is 0 Å². The molecule has 4 rings (SSSR count). The zero-order valence-electron chi connectivity index (χ0n) is 13.4. The molecule has 2 aromatic heterocycles. The molecule has 0 aliphatic rings. The van der Waals surface area contributed by atoms with Crippen LogP contribution in [0.5, 0.6) is 11.5 Å². The normalized spacial score (nSPS) is 11.0. The molecule has 0 atom stereocenters. The smallest absolute Gasteiger partial charge is 0.200 e. The van der Waals surface area contributed by atoms with Crippen molar-refractivity contribution in [2.24, 2.45) is 0 Å². The van der Waals surface area contributed by atoms with E-state index in [0.29, 0.717) is 33.1 Å². The van der Waals surface area contributed by atoms with Crippen LogP contribution in [0.3, 0.4) is 0 Å². The third-order valence-corrected chi connectivity index (χ3v) is 4.09. The monoisotopic (exact) mass is 355 g/mol. The fraction of sp³-hybridized carbons (Fsp3) is 0.125. The first kappa shape index (κ1) is 15.3. The van der Waals surface area contributed by atoms with Crippen LogP contribution in [0.15, 0.2) is 41.0 Å². The van der Waals surface area contributed by atoms with Gasteiger partial charge in [-0.25, -0.2) is 4.63 Å². The Morgan fingerprint density at radius 1 is 1.08 bits per heavy atom. The molecule has 0 unspecified atom stereocenters. The van der Waals surface area contributed by atoms with Crippen molar-refractivity contribution in [1.29, 1.82) is 0 Å². The molecule has 0 fully saturated rings. The maximum atomic E-state index is 5.41. The third kappa shape index (κ3) is 2.45. The minimum Gasteiger partial charge on any atom is -0.493 e. The Labute approximate surface area is 147 Å². The largest absolute Gasteiger partial charge is 0.493 e. The van der Waals surface area contributed by atoms with Crippen molar-refractivity contribution in [2.75, 3.05) is 14.2 Å². The average Bonchev–Trinajstić information content (AvgIpc) is 3.27. The molecule has 0 radical (unpaired) electrons. The Kier molecular flexibility index (Phi) is 3.69. The summed E-state index contributed by atoms with van der Waals surface area (Å²) in [5.41, 5.74) is 2.77. The summed E-state index contributed by atoms with van der Waals surface area (Å²) < 4.78 is 17.7. The number of nitrogens with zero attached hydrogens (tertiary/aromatic N) is 4. The van der Waals surface area contributed by atoms with Crippen molar-refractivity contribution in [3.63, 3.8) is 0 Å². The number of aromatic amines is 1. The first-order valence-electron chi connectivity index (χ1n) is 7.34. The second kappa shape index (κ2) is 6.02. The molecule has 25 heavy (non-hydrogen) atoms. The van der Waals surface area contributed by atoms with Crippen molar-refractivity contribution in [1.82, 2.24) is 25.1 Å². The van der Waals surface area contributed by atoms with Crippen molar-refractivity contribution < 1.29 is 14.1 Å². The molecule has 0 saturated heterocycles. The lowest BCUT2D eigenvalue weighted by Gasteiger charge is -2.10. The highest BCUT2D eigenvalue weighted by Crippen LogP contribution is 2.33. The first-order chi connectivity index (χ1) is 12.2. The number of aromatic nitrogens is 5. The van der Waals surface area contributed by atoms with Gasteiger partial charge < -0.3 is 9.47 Å². The number of fused-ring (bicyclic) bond motifs is 1. The SMILES string of the molecule is COc1ccc(-c2n[nH]c(=S)n2-c2cccc3nonc23)cc1OC. The molecule has 0 spiro atoms. The maximum Gasteiger partial charge on any atom is 0.200 e. The van der Waals surface area contributed by atoms with E-state index in [4.69, 9.17) is 26.3 Å². The lowest BCUT2D eigenvalue weighted by molar-refractivity contribution is 0.315. The summed E-state index contributed by atoms with van der Waals surface area (Å²) in [4.78, 5) is 0. The van der Waals surface area contributed by atoms with Crippen LogP contribution in [-0.2, 0) is 0 Å². The number of ether oxygens (including phenoxy) is 2. The number of nitrogens with one attached hydrogen (secondary N) is 1. The number of methoxy groups -OCH3 is 2. The summed E-state index contributed by atoms with van der Waals surface area (Å²) in [6.45, 7) is 0. The molecule has 1 N–H and O–H groups in total. The van der Waals surface area contributed by atoms with E-state index in [-0.39, 0.29) is 0 Å². The van der Waals surface area contributed by atoms with Gasteiger partial charge in [0.15, 0.2) is 27.6 Å². The molecule has 0 amide bonds. The number of hydrogen-bond donors (Lipinski definition) is 1. The van der Waals surface area contributed by atoms with Crippen LogP contribution in [0.25, 0.3) is 28.1 Å². The molecule has 126 valence electrons. The summed E-state index contributed by atoms with van der Waals surface area (Å²) in [6.07, 6.45) is 0. The van der Waals surface area contributed by atoms with Gasteiger partial charge in [0.25, 0.3) is 0 Å². The van der Waals surface area contributed by atoms with Crippen LogP contribution in [0.4, 0.5) is 0 Å². The molecule has 8 nitrogen and oxygen atoms in total. The van der Waals surface area contributed by atoms with Crippen LogP contribution in [-0.4, -0.2) is 39.3 Å². The Hall–Kier alpha value is -3.20. The van der Waals surface area contributed by atoms with Gasteiger partial charge in [0, 0.05) is 5.56 Å². The fourth-order valence-corrected chi connectivity index (χ4v) is 2.89. The Morgan fingerprint density at radius 2 is 1.92 bits per heavy atom. The van der Waals surface area contributed by atoms with Gasteiger partial charge >= 0.3 is 0 Å². The predicted octanol–water partition coefficient (Wildman–Crippen LogP) is 3.15. The van der Waals surface area contributed by atoms with E-state index < -0.39 is 0 Å². The maximum absolute atomic E-state index is 5.41. The van der Waals surface area contributed by atoms with Gasteiger partial charge in [0.05, 0.1) is 19.9 Å². The number of benzene rings is 2. The summed E-state index contributed by atoms with van der Waals surface area (Å²) >= 11 is 5.41. The van der Waals surface area contributed by atoms with E-state index in [0.717, 1.165) is 11.3 Å². The molecule has 0 aliphatic heterocycles. The first-order valence-corrected chi connectivity index (χ1v) is 7.75. The van der Waals surface area contributed by atoms with Crippen LogP contribution in [0, 0.1) is 4.77 Å². The molecule has 0 saturated carbocycles. The molecule has 4 aromatic rings. The van der Waals surface area contributed by atoms with E-state index in [1.54, 1.807) is 18.8 Å². The minimum absolute atomic E-state index is 0.431. The summed E-state index contributed by atoms with van der Waals surface area (Å²) in [5, 5.41) is 15.0. The van der Waals surface area contributed by atoms with Gasteiger partial charge in [-0.05, 0) is 52.9 Å². The van der Waals surface area contributed by atoms with Crippen molar-refractivity contribution in [3.05, 3.63) is 41.2 Å². The van der Waals surface area contributed by atoms with Gasteiger partial charge in [0.1, 0.15) is 5.52 Å². The fourth-order valence-electron chi connectivity index (χ4n) is 2.66. The van der Waals surface area contributed by atoms with Crippen LogP contribution in [0.2, 0.25) is 0 Å². The number of H-pyrrole nitrogens is 1. The van der Waals surface area contributed by atoms with Crippen molar-refractivity contribution >= 4 is 23.3 Å². The Bertz CT molecular complexity index is 1110. The van der Waals surface area contributed by atoms with Gasteiger partial charge in [-0.15, -0.1) is 0 Å². The van der Waals surface area contributed by atoms with Gasteiger partial charge in [-0.3, -0.25) is 9.67 Å². The Morgan fingerprint density at radius 3 is 2.72 bits per heavy atom. The minimum atomic E-state index is 0.431. The molecular weight excluding hydrogens is 342 g/mol. The van der Waals surface area contributed by atoms with Crippen LogP contribution >= 0.6 is 12.2 Å². The zero-order chi connectivity index (χ0) is 17.4. The summed E-state index contributed by atoms with van der Waals surface area (Å²) in [6, 6.07) is 11.1. The lowest BCUT2D eigenvalue weighted by atomic mass is 10.1.